The van der Waals surface area contributed by atoms with E-state index in [1.54, 1.807) is 6.08 Å². The lowest BCUT2D eigenvalue weighted by molar-refractivity contribution is -0.149. The van der Waals surface area contributed by atoms with Crippen LogP contribution in [-0.2, 0) is 14.9 Å². The van der Waals surface area contributed by atoms with Crippen LogP contribution < -0.4 is 0 Å². The van der Waals surface area contributed by atoms with E-state index in [-0.39, 0.29) is 23.9 Å². The number of ether oxygens (including phenoxy) is 1. The van der Waals surface area contributed by atoms with Crippen molar-refractivity contribution in [2.75, 3.05) is 19.6 Å². The van der Waals surface area contributed by atoms with Gasteiger partial charge in [-0.15, -0.1) is 0 Å². The summed E-state index contributed by atoms with van der Waals surface area (Å²) in [6.45, 7) is 9.42. The number of nitrogens with zero attached hydrogens (tertiary/aromatic N) is 3. The molecule has 3 rings (SSSR count). The van der Waals surface area contributed by atoms with Crippen molar-refractivity contribution in [3.63, 3.8) is 0 Å². The Morgan fingerprint density at radius 3 is 2.47 bits per heavy atom. The summed E-state index contributed by atoms with van der Waals surface area (Å²) in [6.07, 6.45) is 9.35. The maximum absolute atomic E-state index is 11.8. The molecular weight excluding hydrogens is 446 g/mol. The van der Waals surface area contributed by atoms with Gasteiger partial charge in [-0.25, -0.2) is 0 Å². The molecule has 1 saturated carbocycles. The van der Waals surface area contributed by atoms with Crippen molar-refractivity contribution in [1.29, 1.82) is 10.5 Å². The normalized spacial score (nSPS) is 22.9. The zero-order valence-corrected chi connectivity index (χ0v) is 21.4. The number of benzene rings is 1. The first kappa shape index (κ1) is 27.0. The molecule has 0 amide bonds. The van der Waals surface area contributed by atoms with Crippen LogP contribution in [0.2, 0.25) is 0 Å². The molecule has 3 atom stereocenters. The molecular formula is C31H35N3O2. The fraction of sp³-hybridized carbons (Fsp3) is 0.452. The molecule has 1 aromatic rings. The van der Waals surface area contributed by atoms with Gasteiger partial charge in [0.2, 0.25) is 0 Å². The van der Waals surface area contributed by atoms with Gasteiger partial charge in [0.15, 0.2) is 0 Å². The van der Waals surface area contributed by atoms with Crippen molar-refractivity contribution in [3.05, 3.63) is 71.8 Å². The van der Waals surface area contributed by atoms with Crippen LogP contribution in [0.15, 0.2) is 66.3 Å². The molecule has 2 aliphatic rings. The molecule has 1 aliphatic heterocycles. The van der Waals surface area contributed by atoms with Crippen LogP contribution in [0.4, 0.5) is 0 Å². The summed E-state index contributed by atoms with van der Waals surface area (Å²) < 4.78 is 5.74. The first-order valence-electron chi connectivity index (χ1n) is 12.7. The predicted octanol–water partition coefficient (Wildman–Crippen LogP) is 5.48. The number of rotatable bonds is 7. The number of carbonyl (C=O) groups excluding carboxylic acids is 1. The Hall–Kier alpha value is -3.59. The van der Waals surface area contributed by atoms with E-state index in [0.29, 0.717) is 12.1 Å². The van der Waals surface area contributed by atoms with Gasteiger partial charge in [-0.2, -0.15) is 10.5 Å². The number of nitriles is 2. The Morgan fingerprint density at radius 1 is 1.14 bits per heavy atom. The zero-order valence-electron chi connectivity index (χ0n) is 21.4. The van der Waals surface area contributed by atoms with E-state index < -0.39 is 5.41 Å². The highest BCUT2D eigenvalue weighted by Crippen LogP contribution is 2.50. The van der Waals surface area contributed by atoms with Crippen molar-refractivity contribution < 1.29 is 9.53 Å². The molecule has 1 saturated heterocycles. The minimum absolute atomic E-state index is 0.000138. The van der Waals surface area contributed by atoms with Gasteiger partial charge in [0.25, 0.3) is 0 Å². The lowest BCUT2D eigenvalue weighted by Crippen LogP contribution is -2.49. The van der Waals surface area contributed by atoms with Crippen LogP contribution in [0.1, 0.15) is 51.5 Å². The second kappa shape index (κ2) is 12.9. The van der Waals surface area contributed by atoms with E-state index in [1.165, 1.54) is 13.0 Å². The topological polar surface area (TPSA) is 77.1 Å². The maximum Gasteiger partial charge on any atom is 0.302 e. The second-order valence-electron chi connectivity index (χ2n) is 9.67. The standard InChI is InChI=1S/C31H35N3O2/c1-4-26(22-32)16-15-24(2)10-9-19-34-20-17-28(18-21-34)31(23-33,27-11-6-5-7-12-27)29-13-8-14-30(29)36-25(3)35/h4-7,11-12,15-16,28-30H,1,8,13-14,17-21H2,2-3H3/b24-15+,26-16+/t29-,30-,31?/m1/s1. The molecule has 0 aromatic heterocycles. The fourth-order valence-corrected chi connectivity index (χ4v) is 5.75. The second-order valence-corrected chi connectivity index (χ2v) is 9.67. The average molecular weight is 482 g/mol. The van der Waals surface area contributed by atoms with Crippen molar-refractivity contribution in [3.8, 4) is 24.0 Å². The molecule has 0 N–H and O–H groups in total. The predicted molar refractivity (Wildman–Crippen MR) is 141 cm³/mol. The van der Waals surface area contributed by atoms with E-state index in [0.717, 1.165) is 56.3 Å². The fourth-order valence-electron chi connectivity index (χ4n) is 5.75. The number of hydrogen-bond acceptors (Lipinski definition) is 5. The first-order valence-corrected chi connectivity index (χ1v) is 12.7. The third kappa shape index (κ3) is 6.34. The largest absolute Gasteiger partial charge is 0.462 e. The summed E-state index contributed by atoms with van der Waals surface area (Å²) >= 11 is 0. The molecule has 186 valence electrons. The van der Waals surface area contributed by atoms with Gasteiger partial charge in [-0.05, 0) is 81.3 Å². The Labute approximate surface area is 215 Å². The summed E-state index contributed by atoms with van der Waals surface area (Å²) in [4.78, 5) is 14.2. The van der Waals surface area contributed by atoms with Gasteiger partial charge in [0, 0.05) is 12.8 Å². The smallest absolute Gasteiger partial charge is 0.302 e. The minimum atomic E-state index is -0.676. The first-order chi connectivity index (χ1) is 17.4. The molecule has 0 spiro atoms. The Kier molecular flexibility index (Phi) is 9.69. The van der Waals surface area contributed by atoms with Gasteiger partial charge in [-0.3, -0.25) is 9.69 Å². The molecule has 1 unspecified atom stereocenters. The molecule has 1 aliphatic carbocycles. The summed E-state index contributed by atoms with van der Waals surface area (Å²) in [5, 5.41) is 19.7. The van der Waals surface area contributed by atoms with E-state index in [1.807, 2.05) is 31.2 Å². The van der Waals surface area contributed by atoms with Crippen LogP contribution in [-0.4, -0.2) is 36.6 Å². The molecule has 0 bridgehead atoms. The van der Waals surface area contributed by atoms with Crippen molar-refractivity contribution >= 4 is 5.97 Å². The van der Waals surface area contributed by atoms with Gasteiger partial charge in [0.1, 0.15) is 6.10 Å². The maximum atomic E-state index is 11.8. The number of likely N-dealkylation sites (tertiary alicyclic amines) is 1. The van der Waals surface area contributed by atoms with Crippen LogP contribution in [0, 0.1) is 46.3 Å². The van der Waals surface area contributed by atoms with Crippen LogP contribution >= 0.6 is 0 Å². The average Bonchev–Trinajstić information content (AvgIpc) is 3.34. The van der Waals surface area contributed by atoms with Crippen molar-refractivity contribution in [1.82, 2.24) is 4.90 Å². The van der Waals surface area contributed by atoms with E-state index in [9.17, 15) is 10.1 Å². The zero-order chi connectivity index (χ0) is 26.0. The molecule has 5 heteroatoms. The van der Waals surface area contributed by atoms with Crippen LogP contribution in [0.3, 0.4) is 0 Å². The Bertz CT molecular complexity index is 1130. The molecule has 5 nitrogen and oxygen atoms in total. The summed E-state index contributed by atoms with van der Waals surface area (Å²) in [7, 11) is 0. The summed E-state index contributed by atoms with van der Waals surface area (Å²) in [5.41, 5.74) is 1.77. The lowest BCUT2D eigenvalue weighted by Gasteiger charge is -2.45. The SMILES string of the molecule is C=C/C(C#N)=C\C=C(/C)C#CCN1CCC(C(C#N)(c2ccccc2)[C@@H]2CCC[C@H]2OC(C)=O)CC1. The van der Waals surface area contributed by atoms with E-state index >= 15 is 0 Å². The molecule has 2 fully saturated rings. The third-order valence-corrected chi connectivity index (χ3v) is 7.47. The van der Waals surface area contributed by atoms with Gasteiger partial charge < -0.3 is 4.74 Å². The molecule has 36 heavy (non-hydrogen) atoms. The highest BCUT2D eigenvalue weighted by molar-refractivity contribution is 5.66. The van der Waals surface area contributed by atoms with Crippen LogP contribution in [0.25, 0.3) is 0 Å². The van der Waals surface area contributed by atoms with E-state index in [4.69, 9.17) is 10.00 Å². The van der Waals surface area contributed by atoms with Gasteiger partial charge in [0.05, 0.1) is 29.7 Å². The molecule has 1 aromatic carbocycles. The third-order valence-electron chi connectivity index (χ3n) is 7.47. The van der Waals surface area contributed by atoms with Crippen molar-refractivity contribution in [2.24, 2.45) is 11.8 Å². The van der Waals surface area contributed by atoms with Crippen LogP contribution in [0.5, 0.6) is 0 Å². The quantitative estimate of drug-likeness (QED) is 0.223. The molecule has 0 radical (unpaired) electrons. The highest BCUT2D eigenvalue weighted by atomic mass is 16.5. The Balaban J connectivity index is 1.74. The highest BCUT2D eigenvalue weighted by Gasteiger charge is 2.53. The van der Waals surface area contributed by atoms with Crippen molar-refractivity contribution in [2.45, 2.75) is 57.5 Å². The number of hydrogen-bond donors (Lipinski definition) is 0. The summed E-state index contributed by atoms with van der Waals surface area (Å²) in [6, 6.07) is 15.0. The number of esters is 1. The Morgan fingerprint density at radius 2 is 1.86 bits per heavy atom. The molecule has 1 heterocycles. The number of allylic oxidation sites excluding steroid dienone is 5. The minimum Gasteiger partial charge on any atom is -0.462 e. The monoisotopic (exact) mass is 481 g/mol. The number of carbonyl (C=O) groups is 1. The lowest BCUT2D eigenvalue weighted by atomic mass is 9.59. The van der Waals surface area contributed by atoms with E-state index in [2.05, 4.69) is 47.6 Å². The van der Waals surface area contributed by atoms with Gasteiger partial charge >= 0.3 is 5.97 Å². The number of piperidine rings is 1. The summed E-state index contributed by atoms with van der Waals surface area (Å²) in [5.74, 6) is 6.32. The van der Waals surface area contributed by atoms with Gasteiger partial charge in [-0.1, -0.05) is 54.8 Å².